The normalized spacial score (nSPS) is 20.2. The molecule has 2 aliphatic heterocycles. The van der Waals surface area contributed by atoms with Gasteiger partial charge in [-0.1, -0.05) is 30.3 Å². The molecule has 2 aliphatic rings. The Labute approximate surface area is 170 Å². The molecule has 9 heteroatoms. The van der Waals surface area contributed by atoms with Crippen LogP contribution in [0.3, 0.4) is 0 Å². The lowest BCUT2D eigenvalue weighted by Crippen LogP contribution is -2.41. The first kappa shape index (κ1) is 19.5. The summed E-state index contributed by atoms with van der Waals surface area (Å²) in [6, 6.07) is 9.94. The predicted molar refractivity (Wildman–Crippen MR) is 109 cm³/mol. The number of hydrazone groups is 1. The molecule has 1 unspecified atom stereocenters. The fraction of sp³-hybridized carbons (Fsp3) is 0.400. The average Bonchev–Trinajstić information content (AvgIpc) is 3.23. The first-order valence-electron chi connectivity index (χ1n) is 9.61. The summed E-state index contributed by atoms with van der Waals surface area (Å²) in [4.78, 5) is 23.5. The van der Waals surface area contributed by atoms with Crippen LogP contribution in [0.15, 0.2) is 52.7 Å². The SMILES string of the molecule is CS(=O)(=O)c1cnc(N2CCC(C(=O)N3N=CCC3c3ccccc3)CC2)nc1. The third-order valence-electron chi connectivity index (χ3n) is 5.41. The highest BCUT2D eigenvalue weighted by molar-refractivity contribution is 7.90. The maximum Gasteiger partial charge on any atom is 0.246 e. The Kier molecular flexibility index (Phi) is 5.31. The molecule has 3 heterocycles. The van der Waals surface area contributed by atoms with Crippen molar-refractivity contribution in [3.8, 4) is 0 Å². The number of benzene rings is 1. The van der Waals surface area contributed by atoms with Gasteiger partial charge in [-0.2, -0.15) is 5.10 Å². The van der Waals surface area contributed by atoms with E-state index >= 15 is 0 Å². The number of carbonyl (C=O) groups excluding carboxylic acids is 1. The van der Waals surface area contributed by atoms with E-state index in [1.54, 1.807) is 5.01 Å². The molecule has 0 bridgehead atoms. The molecule has 1 aromatic heterocycles. The van der Waals surface area contributed by atoms with E-state index in [2.05, 4.69) is 15.1 Å². The number of carbonyl (C=O) groups is 1. The minimum atomic E-state index is -3.32. The van der Waals surface area contributed by atoms with Gasteiger partial charge in [-0.25, -0.2) is 23.4 Å². The molecule has 0 saturated carbocycles. The molecule has 152 valence electrons. The van der Waals surface area contributed by atoms with E-state index in [1.807, 2.05) is 41.4 Å². The van der Waals surface area contributed by atoms with Crippen molar-refractivity contribution in [2.24, 2.45) is 11.0 Å². The summed E-state index contributed by atoms with van der Waals surface area (Å²) in [5.74, 6) is 0.452. The number of anilines is 1. The fourth-order valence-electron chi connectivity index (χ4n) is 3.76. The summed E-state index contributed by atoms with van der Waals surface area (Å²) in [6.45, 7) is 1.28. The van der Waals surface area contributed by atoms with Crippen molar-refractivity contribution in [2.75, 3.05) is 24.2 Å². The van der Waals surface area contributed by atoms with Gasteiger partial charge in [0.05, 0.1) is 18.4 Å². The predicted octanol–water partition coefficient (Wildman–Crippen LogP) is 2.06. The highest BCUT2D eigenvalue weighted by atomic mass is 32.2. The van der Waals surface area contributed by atoms with Crippen molar-refractivity contribution in [3.05, 3.63) is 48.3 Å². The molecular weight excluding hydrogens is 390 g/mol. The summed E-state index contributed by atoms with van der Waals surface area (Å²) in [7, 11) is -3.32. The Morgan fingerprint density at radius 3 is 2.34 bits per heavy atom. The van der Waals surface area contributed by atoms with Crippen LogP contribution in [0.4, 0.5) is 5.95 Å². The van der Waals surface area contributed by atoms with Crippen molar-refractivity contribution in [1.29, 1.82) is 0 Å². The van der Waals surface area contributed by atoms with Crippen LogP contribution in [0, 0.1) is 5.92 Å². The Balaban J connectivity index is 1.39. The Bertz CT molecular complexity index is 1000. The zero-order chi connectivity index (χ0) is 20.4. The second kappa shape index (κ2) is 7.90. The van der Waals surface area contributed by atoms with Gasteiger partial charge in [0.15, 0.2) is 9.84 Å². The van der Waals surface area contributed by atoms with Gasteiger partial charge in [-0.05, 0) is 18.4 Å². The van der Waals surface area contributed by atoms with E-state index in [0.717, 1.165) is 18.2 Å². The Morgan fingerprint density at radius 2 is 1.72 bits per heavy atom. The van der Waals surface area contributed by atoms with Gasteiger partial charge in [-0.3, -0.25) is 4.79 Å². The quantitative estimate of drug-likeness (QED) is 0.761. The molecule has 1 fully saturated rings. The second-order valence-corrected chi connectivity index (χ2v) is 9.41. The van der Waals surface area contributed by atoms with Crippen molar-refractivity contribution in [3.63, 3.8) is 0 Å². The zero-order valence-corrected chi connectivity index (χ0v) is 17.0. The summed E-state index contributed by atoms with van der Waals surface area (Å²) in [5, 5.41) is 5.97. The Hall–Kier alpha value is -2.81. The van der Waals surface area contributed by atoms with Gasteiger partial charge in [0.25, 0.3) is 0 Å². The standard InChI is InChI=1S/C20H23N5O3S/c1-29(27,28)17-13-21-20(22-14-17)24-11-8-16(9-12-24)19(26)25-18(7-10-23-25)15-5-3-2-4-6-15/h2-6,10,13-14,16,18H,7-9,11-12H2,1H3. The van der Waals surface area contributed by atoms with E-state index in [-0.39, 0.29) is 22.8 Å². The smallest absolute Gasteiger partial charge is 0.246 e. The fourth-order valence-corrected chi connectivity index (χ4v) is 4.24. The summed E-state index contributed by atoms with van der Waals surface area (Å²) >= 11 is 0. The van der Waals surface area contributed by atoms with E-state index in [0.29, 0.717) is 31.9 Å². The van der Waals surface area contributed by atoms with Gasteiger partial charge >= 0.3 is 0 Å². The number of amides is 1. The molecule has 2 aromatic rings. The van der Waals surface area contributed by atoms with Crippen molar-refractivity contribution in [2.45, 2.75) is 30.2 Å². The minimum absolute atomic E-state index is 0.0337. The number of rotatable bonds is 4. The first-order chi connectivity index (χ1) is 13.9. The summed E-state index contributed by atoms with van der Waals surface area (Å²) in [5.41, 5.74) is 1.09. The highest BCUT2D eigenvalue weighted by Gasteiger charge is 2.35. The van der Waals surface area contributed by atoms with E-state index < -0.39 is 9.84 Å². The first-order valence-corrected chi connectivity index (χ1v) is 11.5. The largest absolute Gasteiger partial charge is 0.341 e. The van der Waals surface area contributed by atoms with Crippen LogP contribution in [0.25, 0.3) is 0 Å². The molecule has 0 radical (unpaired) electrons. The lowest BCUT2D eigenvalue weighted by Gasteiger charge is -2.33. The van der Waals surface area contributed by atoms with Crippen LogP contribution < -0.4 is 4.90 Å². The number of hydrogen-bond acceptors (Lipinski definition) is 7. The molecule has 0 spiro atoms. The zero-order valence-electron chi connectivity index (χ0n) is 16.2. The van der Waals surface area contributed by atoms with Gasteiger partial charge in [-0.15, -0.1) is 0 Å². The molecule has 1 aromatic carbocycles. The summed E-state index contributed by atoms with van der Waals surface area (Å²) < 4.78 is 23.1. The third kappa shape index (κ3) is 4.14. The molecule has 29 heavy (non-hydrogen) atoms. The second-order valence-electron chi connectivity index (χ2n) is 7.40. The summed E-state index contributed by atoms with van der Waals surface area (Å²) in [6.07, 6.45) is 7.70. The molecular formula is C20H23N5O3S. The maximum atomic E-state index is 13.1. The maximum absolute atomic E-state index is 13.1. The number of sulfone groups is 1. The minimum Gasteiger partial charge on any atom is -0.341 e. The molecule has 1 saturated heterocycles. The number of nitrogens with zero attached hydrogens (tertiary/aromatic N) is 5. The van der Waals surface area contributed by atoms with E-state index in [9.17, 15) is 13.2 Å². The lowest BCUT2D eigenvalue weighted by atomic mass is 9.94. The lowest BCUT2D eigenvalue weighted by molar-refractivity contribution is -0.138. The number of hydrogen-bond donors (Lipinski definition) is 0. The van der Waals surface area contributed by atoms with Crippen molar-refractivity contribution >= 4 is 27.9 Å². The molecule has 1 amide bonds. The number of piperidine rings is 1. The van der Waals surface area contributed by atoms with Gasteiger partial charge in [0, 0.05) is 37.9 Å². The topological polar surface area (TPSA) is 95.8 Å². The van der Waals surface area contributed by atoms with Crippen LogP contribution in [-0.2, 0) is 14.6 Å². The molecule has 1 atom stereocenters. The molecule has 0 N–H and O–H groups in total. The van der Waals surface area contributed by atoms with Gasteiger partial charge in [0.2, 0.25) is 11.9 Å². The van der Waals surface area contributed by atoms with E-state index in [4.69, 9.17) is 0 Å². The van der Waals surface area contributed by atoms with Crippen molar-refractivity contribution < 1.29 is 13.2 Å². The van der Waals surface area contributed by atoms with Crippen LogP contribution in [-0.4, -0.2) is 54.9 Å². The average molecular weight is 414 g/mol. The van der Waals surface area contributed by atoms with Crippen LogP contribution in [0.5, 0.6) is 0 Å². The van der Waals surface area contributed by atoms with Gasteiger partial charge in [0.1, 0.15) is 4.90 Å². The van der Waals surface area contributed by atoms with Gasteiger partial charge < -0.3 is 4.90 Å². The van der Waals surface area contributed by atoms with E-state index in [1.165, 1.54) is 12.4 Å². The van der Waals surface area contributed by atoms with Crippen LogP contribution in [0.2, 0.25) is 0 Å². The van der Waals surface area contributed by atoms with Crippen molar-refractivity contribution in [1.82, 2.24) is 15.0 Å². The highest BCUT2D eigenvalue weighted by Crippen LogP contribution is 2.32. The Morgan fingerprint density at radius 1 is 1.07 bits per heavy atom. The number of aromatic nitrogens is 2. The third-order valence-corrected chi connectivity index (χ3v) is 6.48. The van der Waals surface area contributed by atoms with Crippen LogP contribution in [0.1, 0.15) is 30.9 Å². The monoisotopic (exact) mass is 413 g/mol. The molecule has 0 aliphatic carbocycles. The molecule has 8 nitrogen and oxygen atoms in total. The molecule has 4 rings (SSSR count). The van der Waals surface area contributed by atoms with Crippen LogP contribution >= 0.6 is 0 Å².